The highest BCUT2D eigenvalue weighted by atomic mass is 35.5. The Kier molecular flexibility index (Phi) is 7.08. The molecular weight excluding hydrogens is 576 g/mol. The van der Waals surface area contributed by atoms with Gasteiger partial charge in [0.25, 0.3) is 15.9 Å². The molecule has 1 amide bonds. The summed E-state index contributed by atoms with van der Waals surface area (Å²) in [5.74, 6) is 0.718. The molecule has 224 valence electrons. The summed E-state index contributed by atoms with van der Waals surface area (Å²) in [6, 6.07) is 11.1. The summed E-state index contributed by atoms with van der Waals surface area (Å²) in [5, 5.41) is 0.736. The Hall–Kier alpha value is -2.59. The maximum atomic E-state index is 13.5. The molecule has 2 aromatic carbocycles. The lowest BCUT2D eigenvalue weighted by Crippen LogP contribution is -2.49. The second-order valence-corrected chi connectivity index (χ2v) is 14.7. The van der Waals surface area contributed by atoms with Crippen molar-refractivity contribution in [2.45, 2.75) is 67.0 Å². The van der Waals surface area contributed by atoms with Gasteiger partial charge in [-0.2, -0.15) is 0 Å². The fourth-order valence-electron chi connectivity index (χ4n) is 7.42. The van der Waals surface area contributed by atoms with Crippen LogP contribution in [0.1, 0.15) is 49.7 Å². The van der Waals surface area contributed by atoms with Crippen LogP contribution in [0.3, 0.4) is 0 Å². The minimum absolute atomic E-state index is 0.0395. The second kappa shape index (κ2) is 10.5. The molecule has 5 aliphatic rings. The lowest BCUT2D eigenvalue weighted by molar-refractivity contribution is -0.132. The summed E-state index contributed by atoms with van der Waals surface area (Å²) in [6.07, 6.45) is 9.94. The third-order valence-electron chi connectivity index (χ3n) is 10.1. The van der Waals surface area contributed by atoms with E-state index in [4.69, 9.17) is 25.8 Å². The topological polar surface area (TPSA) is 94.2 Å². The monoisotopic (exact) mass is 612 g/mol. The number of fused-ring (bicyclic) bond motifs is 4. The van der Waals surface area contributed by atoms with Gasteiger partial charge in [0.2, 0.25) is 0 Å². The molecule has 10 heteroatoms. The predicted octanol–water partition coefficient (Wildman–Crippen LogP) is 4.78. The fraction of sp³-hybridized carbons (Fsp3) is 0.531. The number of amides is 1. The van der Waals surface area contributed by atoms with Gasteiger partial charge < -0.3 is 19.1 Å². The number of hydrogen-bond donors (Lipinski definition) is 1. The van der Waals surface area contributed by atoms with Crippen molar-refractivity contribution in [1.82, 2.24) is 4.72 Å². The largest absolute Gasteiger partial charge is 0.490 e. The summed E-state index contributed by atoms with van der Waals surface area (Å²) in [6.45, 7) is 2.15. The van der Waals surface area contributed by atoms with Crippen molar-refractivity contribution in [3.63, 3.8) is 0 Å². The van der Waals surface area contributed by atoms with Crippen molar-refractivity contribution in [3.8, 4) is 5.75 Å². The van der Waals surface area contributed by atoms with E-state index in [1.165, 1.54) is 17.2 Å². The van der Waals surface area contributed by atoms with E-state index in [9.17, 15) is 13.2 Å². The van der Waals surface area contributed by atoms with Crippen LogP contribution in [0.25, 0.3) is 0 Å². The Balaban J connectivity index is 1.31. The summed E-state index contributed by atoms with van der Waals surface area (Å²) >= 11 is 6.40. The highest BCUT2D eigenvalue weighted by Crippen LogP contribution is 2.47. The highest BCUT2D eigenvalue weighted by molar-refractivity contribution is 7.90. The molecule has 2 aromatic rings. The summed E-state index contributed by atoms with van der Waals surface area (Å²) in [4.78, 5) is 15.5. The van der Waals surface area contributed by atoms with Crippen LogP contribution in [0.2, 0.25) is 5.02 Å². The maximum absolute atomic E-state index is 13.5. The highest BCUT2D eigenvalue weighted by Gasteiger charge is 2.52. The van der Waals surface area contributed by atoms with Gasteiger partial charge in [-0.25, -0.2) is 13.1 Å². The first-order valence-corrected chi connectivity index (χ1v) is 16.8. The Morgan fingerprint density at radius 2 is 1.98 bits per heavy atom. The van der Waals surface area contributed by atoms with Crippen molar-refractivity contribution < 1.29 is 27.4 Å². The minimum Gasteiger partial charge on any atom is -0.490 e. The Bertz CT molecular complexity index is 1540. The normalized spacial score (nSPS) is 32.0. The van der Waals surface area contributed by atoms with Crippen LogP contribution in [0.4, 0.5) is 5.69 Å². The van der Waals surface area contributed by atoms with Gasteiger partial charge in [-0.15, -0.1) is 0 Å². The SMILES string of the molecule is CO[C@@H]1/C=C/COC2(CC2)C(=O)NS(=O)(=O)c2ccc3c(c2)N(C[C@@H]2CC[C@H]21)C[C@@]1(CCCc2cc(Cl)ccc21)CO3. The van der Waals surface area contributed by atoms with Gasteiger partial charge in [-0.3, -0.25) is 4.79 Å². The Morgan fingerprint density at radius 3 is 2.74 bits per heavy atom. The van der Waals surface area contributed by atoms with Crippen LogP contribution >= 0.6 is 11.6 Å². The molecule has 4 atom stereocenters. The van der Waals surface area contributed by atoms with Gasteiger partial charge >= 0.3 is 0 Å². The van der Waals surface area contributed by atoms with Crippen molar-refractivity contribution in [3.05, 3.63) is 64.7 Å². The first-order chi connectivity index (χ1) is 20.2. The number of carbonyl (C=O) groups is 1. The summed E-state index contributed by atoms with van der Waals surface area (Å²) < 4.78 is 47.7. The number of ether oxygens (including phenoxy) is 3. The number of aryl methyl sites for hydroxylation is 1. The zero-order chi connectivity index (χ0) is 29.1. The number of halogens is 1. The average Bonchev–Trinajstić information content (AvgIpc) is 3.77. The molecule has 8 nitrogen and oxygen atoms in total. The van der Waals surface area contributed by atoms with Gasteiger partial charge in [-0.1, -0.05) is 29.8 Å². The smallest absolute Gasteiger partial charge is 0.265 e. The Labute approximate surface area is 252 Å². The fourth-order valence-corrected chi connectivity index (χ4v) is 8.67. The van der Waals surface area contributed by atoms with Crippen molar-refractivity contribution in [2.75, 3.05) is 38.3 Å². The van der Waals surface area contributed by atoms with Crippen molar-refractivity contribution >= 4 is 33.2 Å². The lowest BCUT2D eigenvalue weighted by atomic mass is 9.68. The van der Waals surface area contributed by atoms with Gasteiger partial charge in [0.1, 0.15) is 11.4 Å². The Morgan fingerprint density at radius 1 is 1.12 bits per heavy atom. The molecule has 3 aliphatic carbocycles. The van der Waals surface area contributed by atoms with Crippen LogP contribution in [-0.2, 0) is 36.1 Å². The van der Waals surface area contributed by atoms with E-state index in [-0.39, 0.29) is 23.0 Å². The van der Waals surface area contributed by atoms with Crippen molar-refractivity contribution in [2.24, 2.45) is 11.8 Å². The summed E-state index contributed by atoms with van der Waals surface area (Å²) in [5.41, 5.74) is 1.88. The molecule has 7 rings (SSSR count). The number of nitrogens with one attached hydrogen (secondary N) is 1. The van der Waals surface area contributed by atoms with Gasteiger partial charge in [0.15, 0.2) is 0 Å². The first kappa shape index (κ1) is 28.2. The average molecular weight is 613 g/mol. The van der Waals surface area contributed by atoms with Gasteiger partial charge in [0.05, 0.1) is 29.9 Å². The third-order valence-corrected chi connectivity index (χ3v) is 11.6. The summed E-state index contributed by atoms with van der Waals surface area (Å²) in [7, 11) is -2.39. The van der Waals surface area contributed by atoms with E-state index in [0.29, 0.717) is 43.6 Å². The van der Waals surface area contributed by atoms with Gasteiger partial charge in [-0.05, 0) is 98.2 Å². The number of benzene rings is 2. The van der Waals surface area contributed by atoms with E-state index in [2.05, 4.69) is 21.8 Å². The van der Waals surface area contributed by atoms with E-state index in [1.54, 1.807) is 19.2 Å². The zero-order valence-corrected chi connectivity index (χ0v) is 25.4. The molecule has 0 aromatic heterocycles. The number of sulfonamides is 1. The molecular formula is C32H37ClN2O6S. The molecule has 2 fully saturated rings. The van der Waals surface area contributed by atoms with Crippen molar-refractivity contribution in [1.29, 1.82) is 0 Å². The lowest BCUT2D eigenvalue weighted by Gasteiger charge is -2.46. The molecule has 2 spiro atoms. The van der Waals surface area contributed by atoms with E-state index in [1.807, 2.05) is 18.2 Å². The quantitative estimate of drug-likeness (QED) is 0.463. The number of nitrogens with zero attached hydrogens (tertiary/aromatic N) is 1. The first-order valence-electron chi connectivity index (χ1n) is 14.9. The molecule has 42 heavy (non-hydrogen) atoms. The molecule has 2 heterocycles. The van der Waals surface area contributed by atoms with Crippen LogP contribution < -0.4 is 14.4 Å². The van der Waals surface area contributed by atoms with Crippen LogP contribution in [-0.4, -0.2) is 59.4 Å². The van der Waals surface area contributed by atoms with E-state index >= 15 is 0 Å². The van der Waals surface area contributed by atoms with E-state index in [0.717, 1.165) is 49.4 Å². The third kappa shape index (κ3) is 4.92. The van der Waals surface area contributed by atoms with Crippen LogP contribution in [0, 0.1) is 11.8 Å². The van der Waals surface area contributed by atoms with Gasteiger partial charge in [0, 0.05) is 30.6 Å². The molecule has 0 unspecified atom stereocenters. The van der Waals surface area contributed by atoms with Crippen LogP contribution in [0.15, 0.2) is 53.4 Å². The number of carbonyl (C=O) groups excluding carboxylic acids is 1. The zero-order valence-electron chi connectivity index (χ0n) is 23.8. The molecule has 2 saturated carbocycles. The standard InChI is InChI=1S/C32H37ClN2O6S/c1-39-28-5-3-15-41-32(13-14-32)30(36)34-42(37,38)24-8-11-29-27(17-24)35(18-22-6-9-25(22)28)19-31(20-40-29)12-2-4-21-16-23(33)7-10-26(21)31/h3,5,7-8,10-11,16-17,22,25,28H,2,4,6,9,12-15,18-20H2,1H3,(H,34,36)/b5-3+/t22-,25+,28+,31-/m0/s1. The predicted molar refractivity (Wildman–Crippen MR) is 160 cm³/mol. The number of methoxy groups -OCH3 is 1. The second-order valence-electron chi connectivity index (χ2n) is 12.6. The molecule has 0 saturated heterocycles. The number of hydrogen-bond acceptors (Lipinski definition) is 7. The maximum Gasteiger partial charge on any atom is 0.265 e. The number of rotatable bonds is 1. The molecule has 2 bridgehead atoms. The van der Waals surface area contributed by atoms with Crippen LogP contribution in [0.5, 0.6) is 5.75 Å². The molecule has 1 N–H and O–H groups in total. The van der Waals surface area contributed by atoms with E-state index < -0.39 is 21.5 Å². The molecule has 2 aliphatic heterocycles. The molecule has 0 radical (unpaired) electrons. The number of anilines is 1. The minimum atomic E-state index is -4.13.